The molecule has 0 spiro atoms. The molecule has 0 heterocycles. The molecule has 0 aliphatic heterocycles. The van der Waals surface area contributed by atoms with Crippen molar-refractivity contribution in [2.75, 3.05) is 13.7 Å². The molecule has 0 radical (unpaired) electrons. The molecule has 0 saturated carbocycles. The second kappa shape index (κ2) is 7.71. The Kier molecular flexibility index (Phi) is 5.66. The van der Waals surface area contributed by atoms with Gasteiger partial charge in [0.2, 0.25) is 5.78 Å². The Hall–Kier alpha value is -3.00. The summed E-state index contributed by atoms with van der Waals surface area (Å²) in [7, 11) is 1.30. The number of rotatable bonds is 6. The highest BCUT2D eigenvalue weighted by atomic mass is 35.5. The first-order chi connectivity index (χ1) is 11.8. The molecular weight excluding hydrogens is 357 g/mol. The number of methoxy groups -OCH3 is 1. The number of carbonyl (C=O) groups is 2. The van der Waals surface area contributed by atoms with E-state index in [1.54, 1.807) is 0 Å². The van der Waals surface area contributed by atoms with Crippen LogP contribution in [0.1, 0.15) is 20.7 Å². The lowest BCUT2D eigenvalue weighted by Crippen LogP contribution is -2.16. The summed E-state index contributed by atoms with van der Waals surface area (Å²) < 4.78 is 23.0. The third-order valence-electron chi connectivity index (χ3n) is 3.17. The van der Waals surface area contributed by atoms with Crippen LogP contribution in [0.5, 0.6) is 5.75 Å². The molecule has 25 heavy (non-hydrogen) atoms. The van der Waals surface area contributed by atoms with Crippen molar-refractivity contribution in [3.63, 3.8) is 0 Å². The van der Waals surface area contributed by atoms with Gasteiger partial charge in [-0.2, -0.15) is 0 Å². The monoisotopic (exact) mass is 367 g/mol. The molecule has 0 amide bonds. The number of hydrogen-bond acceptors (Lipinski definition) is 6. The van der Waals surface area contributed by atoms with E-state index in [1.165, 1.54) is 19.2 Å². The highest BCUT2D eigenvalue weighted by molar-refractivity contribution is 6.31. The number of nitro benzene ring substituents is 1. The summed E-state index contributed by atoms with van der Waals surface area (Å²) >= 11 is 5.73. The zero-order valence-corrected chi connectivity index (χ0v) is 13.6. The number of Topliss-reactive ketones (excluding diaryl/α,β-unsaturated/α-hetero) is 1. The second-order valence-electron chi connectivity index (χ2n) is 4.76. The van der Waals surface area contributed by atoms with Crippen molar-refractivity contribution in [2.24, 2.45) is 0 Å². The number of hydrogen-bond donors (Lipinski definition) is 0. The molecule has 0 unspecified atom stereocenters. The number of ether oxygens (including phenoxy) is 2. The quantitative estimate of drug-likeness (QED) is 0.336. The van der Waals surface area contributed by atoms with Gasteiger partial charge in [0.1, 0.15) is 17.1 Å². The van der Waals surface area contributed by atoms with Crippen LogP contribution in [0.4, 0.5) is 10.1 Å². The Morgan fingerprint density at radius 1 is 1.20 bits per heavy atom. The van der Waals surface area contributed by atoms with Crippen LogP contribution in [0, 0.1) is 15.9 Å². The maximum absolute atomic E-state index is 13.3. The molecule has 0 bridgehead atoms. The highest BCUT2D eigenvalue weighted by Crippen LogP contribution is 2.24. The highest BCUT2D eigenvalue weighted by Gasteiger charge is 2.23. The molecule has 0 aromatic heterocycles. The molecular formula is C16H11ClFNO6. The van der Waals surface area contributed by atoms with E-state index in [2.05, 4.69) is 0 Å². The molecule has 0 saturated heterocycles. The van der Waals surface area contributed by atoms with Crippen molar-refractivity contribution < 1.29 is 28.4 Å². The van der Waals surface area contributed by atoms with Gasteiger partial charge in [-0.15, -0.1) is 0 Å². The molecule has 0 aliphatic carbocycles. The molecule has 0 aliphatic rings. The smallest absolute Gasteiger partial charge is 0.345 e. The standard InChI is InChI=1S/C16H11ClFNO6/c1-24-15-5-3-10(18)7-12(15)14(20)8-25-16(21)11-6-9(17)2-4-13(11)19(22)23/h2-7H,8H2,1H3. The van der Waals surface area contributed by atoms with E-state index in [9.17, 15) is 24.1 Å². The topological polar surface area (TPSA) is 95.7 Å². The van der Waals surface area contributed by atoms with Gasteiger partial charge in [-0.1, -0.05) is 11.6 Å². The number of nitro groups is 1. The zero-order chi connectivity index (χ0) is 18.6. The lowest BCUT2D eigenvalue weighted by Gasteiger charge is -2.09. The van der Waals surface area contributed by atoms with Crippen molar-refractivity contribution >= 4 is 29.0 Å². The van der Waals surface area contributed by atoms with Gasteiger partial charge in [0, 0.05) is 11.1 Å². The van der Waals surface area contributed by atoms with E-state index in [-0.39, 0.29) is 16.3 Å². The normalized spacial score (nSPS) is 10.2. The summed E-state index contributed by atoms with van der Waals surface area (Å²) in [6.45, 7) is -0.748. The van der Waals surface area contributed by atoms with Gasteiger partial charge in [0.25, 0.3) is 5.69 Å². The van der Waals surface area contributed by atoms with Crippen molar-refractivity contribution in [2.45, 2.75) is 0 Å². The number of nitrogens with zero attached hydrogens (tertiary/aromatic N) is 1. The van der Waals surface area contributed by atoms with Crippen molar-refractivity contribution in [3.05, 3.63) is 68.5 Å². The minimum Gasteiger partial charge on any atom is -0.496 e. The lowest BCUT2D eigenvalue weighted by molar-refractivity contribution is -0.385. The first-order valence-corrected chi connectivity index (χ1v) is 7.19. The SMILES string of the molecule is COc1ccc(F)cc1C(=O)COC(=O)c1cc(Cl)ccc1[N+](=O)[O-]. The van der Waals surface area contributed by atoms with Crippen LogP contribution >= 0.6 is 11.6 Å². The lowest BCUT2D eigenvalue weighted by atomic mass is 10.1. The molecule has 0 atom stereocenters. The zero-order valence-electron chi connectivity index (χ0n) is 12.8. The maximum atomic E-state index is 13.3. The first-order valence-electron chi connectivity index (χ1n) is 6.81. The Labute approximate surface area is 146 Å². The van der Waals surface area contributed by atoms with Crippen LogP contribution in [0.3, 0.4) is 0 Å². The van der Waals surface area contributed by atoms with Crippen LogP contribution in [0.25, 0.3) is 0 Å². The van der Waals surface area contributed by atoms with Gasteiger partial charge in [-0.3, -0.25) is 14.9 Å². The fraction of sp³-hybridized carbons (Fsp3) is 0.125. The Morgan fingerprint density at radius 2 is 1.92 bits per heavy atom. The minimum atomic E-state index is -1.10. The summed E-state index contributed by atoms with van der Waals surface area (Å²) in [4.78, 5) is 34.3. The molecule has 130 valence electrons. The van der Waals surface area contributed by atoms with Gasteiger partial charge < -0.3 is 9.47 Å². The second-order valence-corrected chi connectivity index (χ2v) is 5.20. The van der Waals surface area contributed by atoms with Gasteiger partial charge in [0.05, 0.1) is 17.6 Å². The number of carbonyl (C=O) groups excluding carboxylic acids is 2. The summed E-state index contributed by atoms with van der Waals surface area (Å²) in [6.07, 6.45) is 0. The third kappa shape index (κ3) is 4.30. The molecule has 2 aromatic rings. The Morgan fingerprint density at radius 3 is 2.56 bits per heavy atom. The molecule has 7 nitrogen and oxygen atoms in total. The predicted octanol–water partition coefficient (Wildman–Crippen LogP) is 3.44. The van der Waals surface area contributed by atoms with Gasteiger partial charge >= 0.3 is 5.97 Å². The fourth-order valence-corrected chi connectivity index (χ4v) is 2.19. The summed E-state index contributed by atoms with van der Waals surface area (Å²) in [5.41, 5.74) is -1.02. The van der Waals surface area contributed by atoms with Crippen LogP contribution in [0.2, 0.25) is 5.02 Å². The van der Waals surface area contributed by atoms with Crippen LogP contribution in [-0.2, 0) is 4.74 Å². The van der Waals surface area contributed by atoms with E-state index in [0.717, 1.165) is 24.3 Å². The molecule has 0 fully saturated rings. The van der Waals surface area contributed by atoms with Crippen molar-refractivity contribution in [1.29, 1.82) is 0 Å². The Bertz CT molecular complexity index is 855. The largest absolute Gasteiger partial charge is 0.496 e. The van der Waals surface area contributed by atoms with E-state index in [0.29, 0.717) is 0 Å². The number of halogens is 2. The third-order valence-corrected chi connectivity index (χ3v) is 3.41. The molecule has 0 N–H and O–H groups in total. The van der Waals surface area contributed by atoms with Crippen LogP contribution in [-0.4, -0.2) is 30.4 Å². The number of ketones is 1. The summed E-state index contributed by atoms with van der Waals surface area (Å²) in [6, 6.07) is 6.67. The average molecular weight is 368 g/mol. The van der Waals surface area contributed by atoms with E-state index in [4.69, 9.17) is 21.1 Å². The predicted molar refractivity (Wildman–Crippen MR) is 85.7 cm³/mol. The van der Waals surface area contributed by atoms with Gasteiger partial charge in [-0.05, 0) is 30.3 Å². The van der Waals surface area contributed by atoms with Crippen LogP contribution < -0.4 is 4.74 Å². The van der Waals surface area contributed by atoms with Crippen molar-refractivity contribution in [1.82, 2.24) is 0 Å². The average Bonchev–Trinajstić information content (AvgIpc) is 2.58. The van der Waals surface area contributed by atoms with Gasteiger partial charge in [0.15, 0.2) is 6.61 Å². The van der Waals surface area contributed by atoms with E-state index >= 15 is 0 Å². The summed E-state index contributed by atoms with van der Waals surface area (Å²) in [5.74, 6) is -2.38. The van der Waals surface area contributed by atoms with Gasteiger partial charge in [-0.25, -0.2) is 9.18 Å². The number of benzene rings is 2. The maximum Gasteiger partial charge on any atom is 0.345 e. The molecule has 9 heteroatoms. The fourth-order valence-electron chi connectivity index (χ4n) is 2.02. The van der Waals surface area contributed by atoms with E-state index in [1.807, 2.05) is 0 Å². The Balaban J connectivity index is 2.18. The number of esters is 1. The molecule has 2 rings (SSSR count). The van der Waals surface area contributed by atoms with Crippen molar-refractivity contribution in [3.8, 4) is 5.75 Å². The van der Waals surface area contributed by atoms with E-state index < -0.39 is 40.4 Å². The molecule has 2 aromatic carbocycles. The first kappa shape index (κ1) is 18.3. The van der Waals surface area contributed by atoms with Crippen LogP contribution in [0.15, 0.2) is 36.4 Å². The minimum absolute atomic E-state index is 0.0932. The summed E-state index contributed by atoms with van der Waals surface area (Å²) in [5, 5.41) is 11.0.